The Balaban J connectivity index is 1.41. The average molecular weight is 617 g/mol. The number of aliphatic hydroxyl groups is 1. The average Bonchev–Trinajstić information content (AvgIpc) is 3.05. The highest BCUT2D eigenvalue weighted by Crippen LogP contribution is 2.25. The number of carbonyl (C=O) groups is 2. The van der Waals surface area contributed by atoms with Crippen LogP contribution in [0, 0.1) is 0 Å². The maximum absolute atomic E-state index is 12.7. The fourth-order valence-corrected chi connectivity index (χ4v) is 5.19. The van der Waals surface area contributed by atoms with Gasteiger partial charge >= 0.3 is 11.9 Å². The topological polar surface area (TPSA) is 82.1 Å². The van der Waals surface area contributed by atoms with Gasteiger partial charge in [-0.25, -0.2) is 9.59 Å². The molecule has 0 saturated heterocycles. The lowest BCUT2D eigenvalue weighted by Crippen LogP contribution is -2.15. The van der Waals surface area contributed by atoms with Gasteiger partial charge in [-0.05, 0) is 85.8 Å². The third-order valence-electron chi connectivity index (χ3n) is 7.96. The van der Waals surface area contributed by atoms with E-state index in [-0.39, 0.29) is 12.1 Å². The highest BCUT2D eigenvalue weighted by Gasteiger charge is 2.14. The van der Waals surface area contributed by atoms with Crippen molar-refractivity contribution in [2.45, 2.75) is 123 Å². The fourth-order valence-electron chi connectivity index (χ4n) is 5.19. The van der Waals surface area contributed by atoms with Crippen molar-refractivity contribution in [3.63, 3.8) is 0 Å². The molecule has 0 fully saturated rings. The van der Waals surface area contributed by atoms with Gasteiger partial charge in [-0.1, -0.05) is 102 Å². The van der Waals surface area contributed by atoms with Gasteiger partial charge in [0.05, 0.1) is 17.2 Å². The van der Waals surface area contributed by atoms with Gasteiger partial charge in [-0.15, -0.1) is 0 Å². The van der Waals surface area contributed by atoms with Crippen LogP contribution in [0.25, 0.3) is 11.1 Å². The molecule has 3 aromatic carbocycles. The molecule has 0 saturated carbocycles. The summed E-state index contributed by atoms with van der Waals surface area (Å²) in [5, 5.41) is 10.3. The van der Waals surface area contributed by atoms with Gasteiger partial charge in [0.2, 0.25) is 0 Å². The molecule has 0 bridgehead atoms. The Bertz CT molecular complexity index is 1250. The van der Waals surface area contributed by atoms with Crippen molar-refractivity contribution in [2.75, 3.05) is 0 Å². The smallest absolute Gasteiger partial charge is 0.343 e. The predicted octanol–water partition coefficient (Wildman–Crippen LogP) is 10.3. The van der Waals surface area contributed by atoms with E-state index in [1.807, 2.05) is 43.3 Å². The minimum atomic E-state index is -0.805. The van der Waals surface area contributed by atoms with Crippen LogP contribution in [0.2, 0.25) is 0 Å². The summed E-state index contributed by atoms with van der Waals surface area (Å²) >= 11 is 0. The van der Waals surface area contributed by atoms with Gasteiger partial charge in [0, 0.05) is 6.42 Å². The minimum Gasteiger partial charge on any atom is -0.465 e. The molecule has 244 valence electrons. The number of hydrogen-bond donors (Lipinski definition) is 1. The Morgan fingerprint density at radius 1 is 0.578 bits per heavy atom. The second kappa shape index (κ2) is 20.4. The summed E-state index contributed by atoms with van der Waals surface area (Å²) in [6.45, 7) is 6.32. The van der Waals surface area contributed by atoms with Crippen LogP contribution in [-0.4, -0.2) is 29.4 Å². The standard InChI is InChI=1S/C39H52O6/c1-4-6-8-10-11-12-13-15-17-37(40)44-35-26-22-32(23-27-35)31-18-20-33(21-19-31)39(42)45-36-28-24-34(25-29-36)38(41)43-30(3)16-14-9-7-5-2/h18-30,37,40H,4-17H2,1-3H3. The first-order chi connectivity index (χ1) is 21.9. The van der Waals surface area contributed by atoms with Crippen LogP contribution in [0.5, 0.6) is 11.5 Å². The van der Waals surface area contributed by atoms with E-state index in [4.69, 9.17) is 14.2 Å². The third kappa shape index (κ3) is 13.5. The van der Waals surface area contributed by atoms with Gasteiger partial charge in [0.15, 0.2) is 6.29 Å². The zero-order valence-corrected chi connectivity index (χ0v) is 27.5. The Labute approximate surface area is 270 Å². The van der Waals surface area contributed by atoms with Crippen molar-refractivity contribution in [3.8, 4) is 22.6 Å². The molecule has 2 unspecified atom stereocenters. The number of unbranched alkanes of at least 4 members (excludes halogenated alkanes) is 10. The predicted molar refractivity (Wildman–Crippen MR) is 181 cm³/mol. The normalized spacial score (nSPS) is 12.4. The quantitative estimate of drug-likeness (QED) is 0.0555. The van der Waals surface area contributed by atoms with E-state index >= 15 is 0 Å². The van der Waals surface area contributed by atoms with Crippen molar-refractivity contribution in [1.82, 2.24) is 0 Å². The van der Waals surface area contributed by atoms with Crippen LogP contribution in [0.4, 0.5) is 0 Å². The van der Waals surface area contributed by atoms with Crippen molar-refractivity contribution < 1.29 is 28.9 Å². The Hall–Kier alpha value is -3.64. The maximum Gasteiger partial charge on any atom is 0.343 e. The molecule has 0 radical (unpaired) electrons. The fraction of sp³-hybridized carbons (Fsp3) is 0.487. The van der Waals surface area contributed by atoms with Crippen LogP contribution in [0.1, 0.15) is 131 Å². The van der Waals surface area contributed by atoms with Crippen molar-refractivity contribution >= 4 is 11.9 Å². The first kappa shape index (κ1) is 35.8. The minimum absolute atomic E-state index is 0.136. The van der Waals surface area contributed by atoms with E-state index < -0.39 is 12.3 Å². The Morgan fingerprint density at radius 3 is 1.62 bits per heavy atom. The van der Waals surface area contributed by atoms with Gasteiger partial charge in [-0.2, -0.15) is 0 Å². The summed E-state index contributed by atoms with van der Waals surface area (Å²) in [5.74, 6) is 0.128. The molecule has 0 heterocycles. The summed E-state index contributed by atoms with van der Waals surface area (Å²) in [7, 11) is 0. The van der Waals surface area contributed by atoms with E-state index in [0.29, 0.717) is 29.0 Å². The van der Waals surface area contributed by atoms with E-state index in [2.05, 4.69) is 13.8 Å². The Morgan fingerprint density at radius 2 is 1.02 bits per heavy atom. The SMILES string of the molecule is CCCCCCCCCCC(O)Oc1ccc(-c2ccc(C(=O)Oc3ccc(C(=O)OC(C)CCCCCC)cc3)cc2)cc1. The van der Waals surface area contributed by atoms with Crippen LogP contribution in [0.3, 0.4) is 0 Å². The van der Waals surface area contributed by atoms with E-state index in [0.717, 1.165) is 43.2 Å². The van der Waals surface area contributed by atoms with Gasteiger partial charge < -0.3 is 19.3 Å². The number of hydrogen-bond acceptors (Lipinski definition) is 6. The zero-order valence-electron chi connectivity index (χ0n) is 27.5. The lowest BCUT2D eigenvalue weighted by molar-refractivity contribution is -0.0246. The van der Waals surface area contributed by atoms with Crippen molar-refractivity contribution in [1.29, 1.82) is 0 Å². The number of benzene rings is 3. The van der Waals surface area contributed by atoms with Crippen molar-refractivity contribution in [3.05, 3.63) is 83.9 Å². The number of esters is 2. The van der Waals surface area contributed by atoms with Gasteiger partial charge in [0.25, 0.3) is 0 Å². The number of rotatable bonds is 21. The molecule has 0 spiro atoms. The molecule has 0 aliphatic carbocycles. The molecule has 6 nitrogen and oxygen atoms in total. The summed E-state index contributed by atoms with van der Waals surface area (Å²) < 4.78 is 16.8. The molecule has 0 amide bonds. The molecule has 2 atom stereocenters. The van der Waals surface area contributed by atoms with E-state index in [1.54, 1.807) is 36.4 Å². The molecule has 0 aliphatic heterocycles. The van der Waals surface area contributed by atoms with Gasteiger partial charge in [-0.3, -0.25) is 0 Å². The Kier molecular flexibility index (Phi) is 16.2. The lowest BCUT2D eigenvalue weighted by Gasteiger charge is -2.14. The number of carbonyl (C=O) groups excluding carboxylic acids is 2. The van der Waals surface area contributed by atoms with Crippen LogP contribution in [-0.2, 0) is 4.74 Å². The number of ether oxygens (including phenoxy) is 3. The number of aliphatic hydroxyl groups excluding tert-OH is 1. The van der Waals surface area contributed by atoms with Crippen LogP contribution >= 0.6 is 0 Å². The highest BCUT2D eigenvalue weighted by atomic mass is 16.6. The zero-order chi connectivity index (χ0) is 32.3. The monoisotopic (exact) mass is 616 g/mol. The molecule has 0 aliphatic rings. The third-order valence-corrected chi connectivity index (χ3v) is 7.96. The summed E-state index contributed by atoms with van der Waals surface area (Å²) in [6.07, 6.45) is 14.9. The maximum atomic E-state index is 12.7. The van der Waals surface area contributed by atoms with Crippen LogP contribution in [0.15, 0.2) is 72.8 Å². The van der Waals surface area contributed by atoms with Crippen LogP contribution < -0.4 is 9.47 Å². The summed E-state index contributed by atoms with van der Waals surface area (Å²) in [5.41, 5.74) is 2.76. The molecule has 0 aromatic heterocycles. The van der Waals surface area contributed by atoms with Crippen molar-refractivity contribution in [2.24, 2.45) is 0 Å². The first-order valence-corrected chi connectivity index (χ1v) is 17.0. The summed E-state index contributed by atoms with van der Waals surface area (Å²) in [4.78, 5) is 25.2. The second-order valence-corrected chi connectivity index (χ2v) is 11.9. The van der Waals surface area contributed by atoms with Gasteiger partial charge in [0.1, 0.15) is 11.5 Å². The van der Waals surface area contributed by atoms with E-state index in [9.17, 15) is 14.7 Å². The molecule has 1 N–H and O–H groups in total. The highest BCUT2D eigenvalue weighted by molar-refractivity contribution is 5.92. The summed E-state index contributed by atoms with van der Waals surface area (Å²) in [6, 6.07) is 21.2. The van der Waals surface area contributed by atoms with E-state index in [1.165, 1.54) is 51.4 Å². The largest absolute Gasteiger partial charge is 0.465 e. The molecular formula is C39H52O6. The molecular weight excluding hydrogens is 564 g/mol. The molecule has 6 heteroatoms. The molecule has 45 heavy (non-hydrogen) atoms. The second-order valence-electron chi connectivity index (χ2n) is 11.9. The molecule has 3 aromatic rings. The first-order valence-electron chi connectivity index (χ1n) is 17.0. The lowest BCUT2D eigenvalue weighted by atomic mass is 10.0. The molecule has 3 rings (SSSR count).